The lowest BCUT2D eigenvalue weighted by Gasteiger charge is -2.37. The van der Waals surface area contributed by atoms with Gasteiger partial charge in [-0.15, -0.1) is 0 Å². The van der Waals surface area contributed by atoms with Crippen molar-refractivity contribution in [3.8, 4) is 11.5 Å². The fourth-order valence-corrected chi connectivity index (χ4v) is 4.27. The molecule has 0 aromatic heterocycles. The Kier molecular flexibility index (Phi) is 6.78. The van der Waals surface area contributed by atoms with Gasteiger partial charge in [-0.3, -0.25) is 14.6 Å². The van der Waals surface area contributed by atoms with E-state index in [1.807, 2.05) is 31.2 Å². The molecule has 2 aliphatic rings. The fourth-order valence-electron chi connectivity index (χ4n) is 4.27. The Morgan fingerprint density at radius 3 is 2.55 bits per heavy atom. The summed E-state index contributed by atoms with van der Waals surface area (Å²) in [7, 11) is 0. The van der Waals surface area contributed by atoms with E-state index in [9.17, 15) is 4.79 Å². The number of para-hydroxylation sites is 1. The molecule has 166 valence electrons. The standard InChI is InChI=1S/C25H33N3O3/c1-4-18(2)21-7-5-6-8-22(21)26-25(29)19(3)28-13-11-27(12-14-28)16-20-9-10-23-24(15-20)31-17-30-23/h5-10,15,18-19H,4,11-14,16-17H2,1-3H3,(H,26,29)/t18-,19+/m1/s1. The lowest BCUT2D eigenvalue weighted by atomic mass is 9.97. The molecule has 2 atom stereocenters. The van der Waals surface area contributed by atoms with Crippen molar-refractivity contribution in [2.24, 2.45) is 0 Å². The summed E-state index contributed by atoms with van der Waals surface area (Å²) in [6.07, 6.45) is 1.05. The van der Waals surface area contributed by atoms with Crippen LogP contribution in [0.5, 0.6) is 11.5 Å². The van der Waals surface area contributed by atoms with Gasteiger partial charge in [-0.05, 0) is 48.6 Å². The van der Waals surface area contributed by atoms with Crippen LogP contribution in [0.2, 0.25) is 0 Å². The average molecular weight is 424 g/mol. The van der Waals surface area contributed by atoms with Gasteiger partial charge in [-0.2, -0.15) is 0 Å². The Morgan fingerprint density at radius 2 is 1.77 bits per heavy atom. The number of carbonyl (C=O) groups excluding carboxylic acids is 1. The fraction of sp³-hybridized carbons (Fsp3) is 0.480. The number of ether oxygens (including phenoxy) is 2. The van der Waals surface area contributed by atoms with Crippen LogP contribution in [0.3, 0.4) is 0 Å². The molecule has 4 rings (SSSR count). The maximum atomic E-state index is 13.0. The number of piperazine rings is 1. The summed E-state index contributed by atoms with van der Waals surface area (Å²) in [4.78, 5) is 17.7. The highest BCUT2D eigenvalue weighted by molar-refractivity contribution is 5.95. The number of hydrogen-bond acceptors (Lipinski definition) is 5. The highest BCUT2D eigenvalue weighted by atomic mass is 16.7. The minimum absolute atomic E-state index is 0.0694. The first-order chi connectivity index (χ1) is 15.0. The first-order valence-corrected chi connectivity index (χ1v) is 11.3. The normalized spacial score (nSPS) is 18.5. The van der Waals surface area contributed by atoms with Crippen LogP contribution in [-0.2, 0) is 11.3 Å². The van der Waals surface area contributed by atoms with Crippen molar-refractivity contribution >= 4 is 11.6 Å². The number of hydrogen-bond donors (Lipinski definition) is 1. The molecule has 0 radical (unpaired) electrons. The molecule has 2 heterocycles. The monoisotopic (exact) mass is 423 g/mol. The van der Waals surface area contributed by atoms with E-state index in [0.717, 1.165) is 56.3 Å². The van der Waals surface area contributed by atoms with Crippen molar-refractivity contribution in [2.75, 3.05) is 38.3 Å². The maximum Gasteiger partial charge on any atom is 0.241 e. The van der Waals surface area contributed by atoms with Gasteiger partial charge in [0, 0.05) is 38.4 Å². The quantitative estimate of drug-likeness (QED) is 0.727. The summed E-state index contributed by atoms with van der Waals surface area (Å²) in [5.41, 5.74) is 3.37. The molecule has 0 unspecified atom stereocenters. The predicted octanol–water partition coefficient (Wildman–Crippen LogP) is 4.07. The van der Waals surface area contributed by atoms with Gasteiger partial charge < -0.3 is 14.8 Å². The van der Waals surface area contributed by atoms with Gasteiger partial charge in [0.15, 0.2) is 11.5 Å². The van der Waals surface area contributed by atoms with Gasteiger partial charge >= 0.3 is 0 Å². The summed E-state index contributed by atoms with van der Waals surface area (Å²) in [6.45, 7) is 11.2. The third kappa shape index (κ3) is 5.02. The zero-order valence-electron chi connectivity index (χ0n) is 18.8. The van der Waals surface area contributed by atoms with Crippen LogP contribution in [0.25, 0.3) is 0 Å². The van der Waals surface area contributed by atoms with Gasteiger partial charge in [0.05, 0.1) is 6.04 Å². The number of anilines is 1. The molecule has 0 bridgehead atoms. The van der Waals surface area contributed by atoms with E-state index in [2.05, 4.69) is 47.2 Å². The van der Waals surface area contributed by atoms with Crippen molar-refractivity contribution in [3.05, 3.63) is 53.6 Å². The predicted molar refractivity (Wildman–Crippen MR) is 123 cm³/mol. The molecule has 2 aliphatic heterocycles. The summed E-state index contributed by atoms with van der Waals surface area (Å²) >= 11 is 0. The second-order valence-electron chi connectivity index (χ2n) is 8.56. The van der Waals surface area contributed by atoms with E-state index in [-0.39, 0.29) is 11.9 Å². The molecule has 6 heteroatoms. The average Bonchev–Trinajstić information content (AvgIpc) is 3.27. The van der Waals surface area contributed by atoms with E-state index in [4.69, 9.17) is 9.47 Å². The third-order valence-corrected chi connectivity index (χ3v) is 6.54. The molecule has 0 spiro atoms. The molecule has 2 aromatic rings. The summed E-state index contributed by atoms with van der Waals surface area (Å²) < 4.78 is 10.9. The van der Waals surface area contributed by atoms with Crippen molar-refractivity contribution in [1.82, 2.24) is 9.80 Å². The van der Waals surface area contributed by atoms with Crippen molar-refractivity contribution in [1.29, 1.82) is 0 Å². The molecule has 1 amide bonds. The smallest absolute Gasteiger partial charge is 0.241 e. The van der Waals surface area contributed by atoms with Crippen LogP contribution < -0.4 is 14.8 Å². The van der Waals surface area contributed by atoms with Crippen LogP contribution in [-0.4, -0.2) is 54.7 Å². The number of amides is 1. The number of benzene rings is 2. The zero-order valence-corrected chi connectivity index (χ0v) is 18.8. The highest BCUT2D eigenvalue weighted by Gasteiger charge is 2.26. The van der Waals surface area contributed by atoms with Crippen LogP contribution in [0.1, 0.15) is 44.2 Å². The number of fused-ring (bicyclic) bond motifs is 1. The van der Waals surface area contributed by atoms with E-state index in [1.54, 1.807) is 0 Å². The van der Waals surface area contributed by atoms with Crippen molar-refractivity contribution in [3.63, 3.8) is 0 Å². The highest BCUT2D eigenvalue weighted by Crippen LogP contribution is 2.33. The van der Waals surface area contributed by atoms with E-state index < -0.39 is 0 Å². The van der Waals surface area contributed by atoms with Crippen LogP contribution >= 0.6 is 0 Å². The lowest BCUT2D eigenvalue weighted by molar-refractivity contribution is -0.121. The number of nitrogens with one attached hydrogen (secondary N) is 1. The SMILES string of the molecule is CC[C@@H](C)c1ccccc1NC(=O)[C@H](C)N1CCN(Cc2ccc3c(c2)OCO3)CC1. The Hall–Kier alpha value is -2.57. The second kappa shape index (κ2) is 9.71. The molecule has 0 saturated carbocycles. The Morgan fingerprint density at radius 1 is 1.03 bits per heavy atom. The van der Waals surface area contributed by atoms with Gasteiger partial charge in [-0.25, -0.2) is 0 Å². The van der Waals surface area contributed by atoms with Crippen LogP contribution in [0, 0.1) is 0 Å². The van der Waals surface area contributed by atoms with Crippen molar-refractivity contribution < 1.29 is 14.3 Å². The van der Waals surface area contributed by atoms with Gasteiger partial charge in [0.25, 0.3) is 0 Å². The molecule has 2 aromatic carbocycles. The minimum Gasteiger partial charge on any atom is -0.454 e. The molecule has 1 saturated heterocycles. The molecule has 6 nitrogen and oxygen atoms in total. The zero-order chi connectivity index (χ0) is 21.8. The minimum atomic E-state index is -0.155. The van der Waals surface area contributed by atoms with Gasteiger partial charge in [0.1, 0.15) is 0 Å². The summed E-state index contributed by atoms with van der Waals surface area (Å²) in [5.74, 6) is 2.15. The molecule has 1 fully saturated rings. The second-order valence-corrected chi connectivity index (χ2v) is 8.56. The Bertz CT molecular complexity index is 909. The van der Waals surface area contributed by atoms with E-state index in [0.29, 0.717) is 12.7 Å². The van der Waals surface area contributed by atoms with E-state index >= 15 is 0 Å². The summed E-state index contributed by atoms with van der Waals surface area (Å²) in [5, 5.41) is 3.18. The Balaban J connectivity index is 1.30. The van der Waals surface area contributed by atoms with Crippen molar-refractivity contribution in [2.45, 2.75) is 45.7 Å². The number of carbonyl (C=O) groups is 1. The van der Waals surface area contributed by atoms with Gasteiger partial charge in [0.2, 0.25) is 12.7 Å². The molecule has 1 N–H and O–H groups in total. The molecular weight excluding hydrogens is 390 g/mol. The topological polar surface area (TPSA) is 54.0 Å². The molecular formula is C25H33N3O3. The maximum absolute atomic E-state index is 13.0. The first kappa shape index (κ1) is 21.7. The van der Waals surface area contributed by atoms with E-state index in [1.165, 1.54) is 11.1 Å². The van der Waals surface area contributed by atoms with Gasteiger partial charge in [-0.1, -0.05) is 38.1 Å². The Labute approximate surface area is 185 Å². The largest absolute Gasteiger partial charge is 0.454 e. The summed E-state index contributed by atoms with van der Waals surface area (Å²) in [6, 6.07) is 14.2. The molecule has 0 aliphatic carbocycles. The first-order valence-electron chi connectivity index (χ1n) is 11.3. The lowest BCUT2D eigenvalue weighted by Crippen LogP contribution is -2.52. The number of nitrogens with zero attached hydrogens (tertiary/aromatic N) is 2. The van der Waals surface area contributed by atoms with Crippen LogP contribution in [0.4, 0.5) is 5.69 Å². The number of rotatable bonds is 7. The molecule has 31 heavy (non-hydrogen) atoms. The van der Waals surface area contributed by atoms with Crippen LogP contribution in [0.15, 0.2) is 42.5 Å². The third-order valence-electron chi connectivity index (χ3n) is 6.54.